The Morgan fingerprint density at radius 3 is 2.52 bits per heavy atom. The SMILES string of the molecule is CCC(=O)Nc1cccc(OCC(=O)Nc2ccccc2C)c1. The first-order chi connectivity index (χ1) is 11.1. The molecule has 0 spiro atoms. The minimum absolute atomic E-state index is 0.0700. The van der Waals surface area contributed by atoms with Crippen LogP contribution in [0, 0.1) is 6.92 Å². The fraction of sp³-hybridized carbons (Fsp3) is 0.222. The maximum atomic E-state index is 11.9. The summed E-state index contributed by atoms with van der Waals surface area (Å²) in [6.45, 7) is 3.61. The van der Waals surface area contributed by atoms with Crippen LogP contribution in [0.25, 0.3) is 0 Å². The van der Waals surface area contributed by atoms with Gasteiger partial charge < -0.3 is 15.4 Å². The highest BCUT2D eigenvalue weighted by molar-refractivity contribution is 5.92. The monoisotopic (exact) mass is 312 g/mol. The number of para-hydroxylation sites is 1. The van der Waals surface area contributed by atoms with E-state index in [1.165, 1.54) is 0 Å². The molecule has 5 nitrogen and oxygen atoms in total. The van der Waals surface area contributed by atoms with Crippen molar-refractivity contribution >= 4 is 23.2 Å². The number of hydrogen-bond acceptors (Lipinski definition) is 3. The van der Waals surface area contributed by atoms with Crippen LogP contribution in [0.2, 0.25) is 0 Å². The average molecular weight is 312 g/mol. The van der Waals surface area contributed by atoms with E-state index >= 15 is 0 Å². The topological polar surface area (TPSA) is 67.4 Å². The Kier molecular flexibility index (Phi) is 5.74. The first-order valence-corrected chi connectivity index (χ1v) is 7.46. The zero-order valence-corrected chi connectivity index (χ0v) is 13.3. The van der Waals surface area contributed by atoms with Crippen LogP contribution in [0.1, 0.15) is 18.9 Å². The Morgan fingerprint density at radius 1 is 1.00 bits per heavy atom. The molecule has 2 amide bonds. The smallest absolute Gasteiger partial charge is 0.262 e. The third kappa shape index (κ3) is 5.14. The molecular formula is C18H20N2O3. The van der Waals surface area contributed by atoms with E-state index < -0.39 is 0 Å². The summed E-state index contributed by atoms with van der Waals surface area (Å²) in [7, 11) is 0. The van der Waals surface area contributed by atoms with Crippen molar-refractivity contribution in [1.82, 2.24) is 0 Å². The van der Waals surface area contributed by atoms with E-state index in [4.69, 9.17) is 4.74 Å². The van der Waals surface area contributed by atoms with Crippen LogP contribution in [-0.2, 0) is 9.59 Å². The second kappa shape index (κ2) is 7.98. The van der Waals surface area contributed by atoms with Gasteiger partial charge in [0, 0.05) is 23.9 Å². The molecule has 0 fully saturated rings. The van der Waals surface area contributed by atoms with Crippen molar-refractivity contribution in [2.24, 2.45) is 0 Å². The predicted octanol–water partition coefficient (Wildman–Crippen LogP) is 3.36. The number of carbonyl (C=O) groups is 2. The normalized spacial score (nSPS) is 10.0. The molecule has 0 bridgehead atoms. The molecule has 0 aliphatic rings. The zero-order valence-electron chi connectivity index (χ0n) is 13.3. The quantitative estimate of drug-likeness (QED) is 0.859. The molecule has 0 saturated heterocycles. The number of benzene rings is 2. The Morgan fingerprint density at radius 2 is 1.78 bits per heavy atom. The van der Waals surface area contributed by atoms with Gasteiger partial charge in [-0.3, -0.25) is 9.59 Å². The number of carbonyl (C=O) groups excluding carboxylic acids is 2. The molecule has 120 valence electrons. The van der Waals surface area contributed by atoms with E-state index in [1.807, 2.05) is 31.2 Å². The van der Waals surface area contributed by atoms with Gasteiger partial charge in [0.15, 0.2) is 6.61 Å². The summed E-state index contributed by atoms with van der Waals surface area (Å²) in [6.07, 6.45) is 0.407. The van der Waals surface area contributed by atoms with Crippen molar-refractivity contribution in [2.75, 3.05) is 17.2 Å². The predicted molar refractivity (Wildman–Crippen MR) is 90.7 cm³/mol. The Hall–Kier alpha value is -2.82. The number of ether oxygens (including phenoxy) is 1. The summed E-state index contributed by atoms with van der Waals surface area (Å²) in [4.78, 5) is 23.3. The summed E-state index contributed by atoms with van der Waals surface area (Å²) in [6, 6.07) is 14.5. The molecular weight excluding hydrogens is 292 g/mol. The van der Waals surface area contributed by atoms with Gasteiger partial charge in [-0.25, -0.2) is 0 Å². The summed E-state index contributed by atoms with van der Waals surface area (Å²) in [5.74, 6) is 0.223. The maximum absolute atomic E-state index is 11.9. The number of hydrogen-bond donors (Lipinski definition) is 2. The minimum atomic E-state index is -0.234. The highest BCUT2D eigenvalue weighted by Crippen LogP contribution is 2.18. The van der Waals surface area contributed by atoms with Gasteiger partial charge in [0.25, 0.3) is 5.91 Å². The summed E-state index contributed by atoms with van der Waals surface area (Å²) in [5.41, 5.74) is 2.41. The molecule has 0 aliphatic heterocycles. The summed E-state index contributed by atoms with van der Waals surface area (Å²) >= 11 is 0. The van der Waals surface area contributed by atoms with E-state index in [0.29, 0.717) is 17.9 Å². The Bertz CT molecular complexity index is 698. The molecule has 2 rings (SSSR count). The first kappa shape index (κ1) is 16.5. The van der Waals surface area contributed by atoms with Crippen LogP contribution < -0.4 is 15.4 Å². The van der Waals surface area contributed by atoms with Crippen LogP contribution in [0.15, 0.2) is 48.5 Å². The van der Waals surface area contributed by atoms with Gasteiger partial charge in [-0.2, -0.15) is 0 Å². The molecule has 0 radical (unpaired) electrons. The van der Waals surface area contributed by atoms with Gasteiger partial charge >= 0.3 is 0 Å². The summed E-state index contributed by atoms with van der Waals surface area (Å²) < 4.78 is 5.47. The number of nitrogens with one attached hydrogen (secondary N) is 2. The lowest BCUT2D eigenvalue weighted by atomic mass is 10.2. The number of aryl methyl sites for hydroxylation is 1. The largest absolute Gasteiger partial charge is 0.484 e. The van der Waals surface area contributed by atoms with Crippen LogP contribution in [0.4, 0.5) is 11.4 Å². The fourth-order valence-electron chi connectivity index (χ4n) is 1.96. The highest BCUT2D eigenvalue weighted by Gasteiger charge is 2.06. The van der Waals surface area contributed by atoms with Crippen LogP contribution in [0.3, 0.4) is 0 Å². The van der Waals surface area contributed by atoms with Crippen molar-refractivity contribution in [3.63, 3.8) is 0 Å². The lowest BCUT2D eigenvalue weighted by molar-refractivity contribution is -0.118. The molecule has 0 saturated carbocycles. The van der Waals surface area contributed by atoms with E-state index in [2.05, 4.69) is 10.6 Å². The van der Waals surface area contributed by atoms with Crippen molar-refractivity contribution in [3.05, 3.63) is 54.1 Å². The Labute approximate surface area is 135 Å². The minimum Gasteiger partial charge on any atom is -0.484 e. The lowest BCUT2D eigenvalue weighted by Gasteiger charge is -2.10. The molecule has 0 aliphatic carbocycles. The maximum Gasteiger partial charge on any atom is 0.262 e. The highest BCUT2D eigenvalue weighted by atomic mass is 16.5. The van der Waals surface area contributed by atoms with Gasteiger partial charge in [0.2, 0.25) is 5.91 Å². The van der Waals surface area contributed by atoms with Gasteiger partial charge in [-0.15, -0.1) is 0 Å². The van der Waals surface area contributed by atoms with E-state index in [-0.39, 0.29) is 18.4 Å². The van der Waals surface area contributed by atoms with Gasteiger partial charge in [0.1, 0.15) is 5.75 Å². The molecule has 0 unspecified atom stereocenters. The van der Waals surface area contributed by atoms with Gasteiger partial charge in [-0.05, 0) is 30.7 Å². The lowest BCUT2D eigenvalue weighted by Crippen LogP contribution is -2.20. The van der Waals surface area contributed by atoms with Crippen molar-refractivity contribution in [2.45, 2.75) is 20.3 Å². The fourth-order valence-corrected chi connectivity index (χ4v) is 1.96. The second-order valence-corrected chi connectivity index (χ2v) is 5.08. The van der Waals surface area contributed by atoms with Crippen molar-refractivity contribution < 1.29 is 14.3 Å². The van der Waals surface area contributed by atoms with Gasteiger partial charge in [0.05, 0.1) is 0 Å². The van der Waals surface area contributed by atoms with Crippen molar-refractivity contribution in [1.29, 1.82) is 0 Å². The van der Waals surface area contributed by atoms with E-state index in [0.717, 1.165) is 11.3 Å². The summed E-state index contributed by atoms with van der Waals surface area (Å²) in [5, 5.41) is 5.55. The second-order valence-electron chi connectivity index (χ2n) is 5.08. The third-order valence-corrected chi connectivity index (χ3v) is 3.23. The molecule has 5 heteroatoms. The van der Waals surface area contributed by atoms with E-state index in [1.54, 1.807) is 31.2 Å². The van der Waals surface area contributed by atoms with Crippen LogP contribution >= 0.6 is 0 Å². The zero-order chi connectivity index (χ0) is 16.7. The standard InChI is InChI=1S/C18H20N2O3/c1-3-17(21)19-14-8-6-9-15(11-14)23-12-18(22)20-16-10-5-4-7-13(16)2/h4-11H,3,12H2,1-2H3,(H,19,21)(H,20,22). The molecule has 2 aromatic carbocycles. The Balaban J connectivity index is 1.90. The molecule has 23 heavy (non-hydrogen) atoms. The number of rotatable bonds is 6. The third-order valence-electron chi connectivity index (χ3n) is 3.23. The molecule has 2 aromatic rings. The number of amides is 2. The number of anilines is 2. The van der Waals surface area contributed by atoms with Crippen molar-refractivity contribution in [3.8, 4) is 5.75 Å². The van der Waals surface area contributed by atoms with Gasteiger partial charge in [-0.1, -0.05) is 31.2 Å². The molecule has 0 atom stereocenters. The molecule has 0 heterocycles. The molecule has 0 aromatic heterocycles. The van der Waals surface area contributed by atoms with Crippen LogP contribution in [-0.4, -0.2) is 18.4 Å². The first-order valence-electron chi connectivity index (χ1n) is 7.46. The van der Waals surface area contributed by atoms with Crippen LogP contribution in [0.5, 0.6) is 5.75 Å². The molecule has 2 N–H and O–H groups in total. The van der Waals surface area contributed by atoms with E-state index in [9.17, 15) is 9.59 Å². The average Bonchev–Trinajstić information content (AvgIpc) is 2.55.